The van der Waals surface area contributed by atoms with Crippen LogP contribution in [0.3, 0.4) is 0 Å². The topological polar surface area (TPSA) is 55.1 Å². The lowest BCUT2D eigenvalue weighted by atomic mass is 9.92. The summed E-state index contributed by atoms with van der Waals surface area (Å²) in [5, 5.41) is 3.12. The zero-order chi connectivity index (χ0) is 13.2. The van der Waals surface area contributed by atoms with E-state index in [0.29, 0.717) is 18.0 Å². The molecular formula is C15H22N2O. The molecule has 0 aromatic heterocycles. The van der Waals surface area contributed by atoms with Crippen molar-refractivity contribution in [2.24, 2.45) is 11.1 Å². The number of nitrogens with one attached hydrogen (secondary N) is 1. The van der Waals surface area contributed by atoms with Gasteiger partial charge < -0.3 is 11.1 Å². The molecule has 2 rings (SSSR count). The molecule has 0 bridgehead atoms. The SMILES string of the molecule is CC1(C)CCC(NC(=O)c2ccc(CN)cc2)C1. The van der Waals surface area contributed by atoms with E-state index >= 15 is 0 Å². The van der Waals surface area contributed by atoms with E-state index in [9.17, 15) is 4.79 Å². The van der Waals surface area contributed by atoms with E-state index in [1.807, 2.05) is 24.3 Å². The van der Waals surface area contributed by atoms with E-state index in [1.165, 1.54) is 6.42 Å². The number of carbonyl (C=O) groups is 1. The molecule has 3 N–H and O–H groups in total. The molecule has 0 aliphatic heterocycles. The average Bonchev–Trinajstić information content (AvgIpc) is 2.68. The van der Waals surface area contributed by atoms with E-state index in [2.05, 4.69) is 19.2 Å². The van der Waals surface area contributed by atoms with Gasteiger partial charge in [-0.1, -0.05) is 26.0 Å². The lowest BCUT2D eigenvalue weighted by Gasteiger charge is -2.17. The highest BCUT2D eigenvalue weighted by Crippen LogP contribution is 2.36. The molecule has 3 nitrogen and oxygen atoms in total. The third kappa shape index (κ3) is 3.10. The number of hydrogen-bond acceptors (Lipinski definition) is 2. The summed E-state index contributed by atoms with van der Waals surface area (Å²) >= 11 is 0. The summed E-state index contributed by atoms with van der Waals surface area (Å²) in [5.41, 5.74) is 7.67. The van der Waals surface area contributed by atoms with Crippen molar-refractivity contribution >= 4 is 5.91 Å². The van der Waals surface area contributed by atoms with Crippen LogP contribution in [0.4, 0.5) is 0 Å². The van der Waals surface area contributed by atoms with Gasteiger partial charge in [-0.2, -0.15) is 0 Å². The highest BCUT2D eigenvalue weighted by Gasteiger charge is 2.31. The standard InChI is InChI=1S/C15H22N2O/c1-15(2)8-7-13(9-15)17-14(18)12-5-3-11(10-16)4-6-12/h3-6,13H,7-10,16H2,1-2H3,(H,17,18). The second-order valence-corrected chi connectivity index (χ2v) is 5.98. The van der Waals surface area contributed by atoms with Gasteiger partial charge in [-0.05, 0) is 42.4 Å². The van der Waals surface area contributed by atoms with Crippen molar-refractivity contribution in [1.82, 2.24) is 5.32 Å². The van der Waals surface area contributed by atoms with Crippen molar-refractivity contribution in [3.8, 4) is 0 Å². The number of carbonyl (C=O) groups excluding carboxylic acids is 1. The van der Waals surface area contributed by atoms with Gasteiger partial charge in [-0.15, -0.1) is 0 Å². The van der Waals surface area contributed by atoms with Crippen molar-refractivity contribution in [1.29, 1.82) is 0 Å². The van der Waals surface area contributed by atoms with Gasteiger partial charge in [0, 0.05) is 18.2 Å². The molecule has 0 spiro atoms. The van der Waals surface area contributed by atoms with Gasteiger partial charge in [0.15, 0.2) is 0 Å². The van der Waals surface area contributed by atoms with Crippen LogP contribution in [0.2, 0.25) is 0 Å². The van der Waals surface area contributed by atoms with E-state index < -0.39 is 0 Å². The van der Waals surface area contributed by atoms with Crippen LogP contribution in [-0.4, -0.2) is 11.9 Å². The van der Waals surface area contributed by atoms with Crippen molar-refractivity contribution in [3.63, 3.8) is 0 Å². The van der Waals surface area contributed by atoms with E-state index in [1.54, 1.807) is 0 Å². The summed E-state index contributed by atoms with van der Waals surface area (Å²) in [6.45, 7) is 5.03. The van der Waals surface area contributed by atoms with Gasteiger partial charge in [0.2, 0.25) is 0 Å². The van der Waals surface area contributed by atoms with Crippen LogP contribution < -0.4 is 11.1 Å². The maximum absolute atomic E-state index is 12.1. The summed E-state index contributed by atoms with van der Waals surface area (Å²) in [5.74, 6) is 0.0290. The lowest BCUT2D eigenvalue weighted by Crippen LogP contribution is -2.33. The normalized spacial score (nSPS) is 21.8. The van der Waals surface area contributed by atoms with E-state index in [0.717, 1.165) is 24.0 Å². The fourth-order valence-electron chi connectivity index (χ4n) is 2.62. The second kappa shape index (κ2) is 5.11. The van der Waals surface area contributed by atoms with Crippen LogP contribution in [0, 0.1) is 5.41 Å². The Morgan fingerprint density at radius 3 is 2.56 bits per heavy atom. The molecule has 1 unspecified atom stereocenters. The molecule has 1 aliphatic carbocycles. The fourth-order valence-corrected chi connectivity index (χ4v) is 2.62. The summed E-state index contributed by atoms with van der Waals surface area (Å²) < 4.78 is 0. The highest BCUT2D eigenvalue weighted by atomic mass is 16.1. The quantitative estimate of drug-likeness (QED) is 0.860. The minimum atomic E-state index is 0.0290. The number of rotatable bonds is 3. The van der Waals surface area contributed by atoms with Gasteiger partial charge in [-0.3, -0.25) is 4.79 Å². The first-order valence-electron chi connectivity index (χ1n) is 6.60. The molecule has 1 aromatic carbocycles. The van der Waals surface area contributed by atoms with Gasteiger partial charge >= 0.3 is 0 Å². The Labute approximate surface area is 109 Å². The van der Waals surface area contributed by atoms with Gasteiger partial charge in [0.25, 0.3) is 5.91 Å². The summed E-state index contributed by atoms with van der Waals surface area (Å²) in [6.07, 6.45) is 3.34. The minimum absolute atomic E-state index is 0.0290. The Balaban J connectivity index is 1.95. The van der Waals surface area contributed by atoms with Crippen LogP contribution in [0.25, 0.3) is 0 Å². The maximum Gasteiger partial charge on any atom is 0.251 e. The third-order valence-electron chi connectivity index (χ3n) is 3.76. The zero-order valence-corrected chi connectivity index (χ0v) is 11.2. The first kappa shape index (κ1) is 13.1. The van der Waals surface area contributed by atoms with Gasteiger partial charge in [-0.25, -0.2) is 0 Å². The van der Waals surface area contributed by atoms with Crippen LogP contribution in [0.15, 0.2) is 24.3 Å². The van der Waals surface area contributed by atoms with Gasteiger partial charge in [0.05, 0.1) is 0 Å². The molecule has 3 heteroatoms. The maximum atomic E-state index is 12.1. The van der Waals surface area contributed by atoms with Crippen LogP contribution in [0.5, 0.6) is 0 Å². The minimum Gasteiger partial charge on any atom is -0.349 e. The largest absolute Gasteiger partial charge is 0.349 e. The van der Waals surface area contributed by atoms with Crippen molar-refractivity contribution in [3.05, 3.63) is 35.4 Å². The van der Waals surface area contributed by atoms with Gasteiger partial charge in [0.1, 0.15) is 0 Å². The van der Waals surface area contributed by atoms with Crippen LogP contribution in [-0.2, 0) is 6.54 Å². The van der Waals surface area contributed by atoms with Crippen molar-refractivity contribution < 1.29 is 4.79 Å². The molecule has 0 saturated heterocycles. The lowest BCUT2D eigenvalue weighted by molar-refractivity contribution is 0.0936. The smallest absolute Gasteiger partial charge is 0.251 e. The van der Waals surface area contributed by atoms with Crippen molar-refractivity contribution in [2.45, 2.75) is 45.7 Å². The molecule has 0 radical (unpaired) electrons. The number of amides is 1. The highest BCUT2D eigenvalue weighted by molar-refractivity contribution is 5.94. The zero-order valence-electron chi connectivity index (χ0n) is 11.2. The monoisotopic (exact) mass is 246 g/mol. The Morgan fingerprint density at radius 2 is 2.06 bits per heavy atom. The third-order valence-corrected chi connectivity index (χ3v) is 3.76. The predicted octanol–water partition coefficient (Wildman–Crippen LogP) is 2.45. The Morgan fingerprint density at radius 1 is 1.39 bits per heavy atom. The van der Waals surface area contributed by atoms with Crippen LogP contribution >= 0.6 is 0 Å². The molecular weight excluding hydrogens is 224 g/mol. The van der Waals surface area contributed by atoms with Crippen LogP contribution in [0.1, 0.15) is 49.0 Å². The molecule has 1 saturated carbocycles. The Kier molecular flexibility index (Phi) is 3.71. The molecule has 1 atom stereocenters. The first-order valence-corrected chi connectivity index (χ1v) is 6.60. The molecule has 0 heterocycles. The Hall–Kier alpha value is -1.35. The molecule has 1 amide bonds. The number of benzene rings is 1. The summed E-state index contributed by atoms with van der Waals surface area (Å²) in [7, 11) is 0. The summed E-state index contributed by atoms with van der Waals surface area (Å²) in [4.78, 5) is 12.1. The van der Waals surface area contributed by atoms with E-state index in [-0.39, 0.29) is 5.91 Å². The number of hydrogen-bond donors (Lipinski definition) is 2. The van der Waals surface area contributed by atoms with E-state index in [4.69, 9.17) is 5.73 Å². The molecule has 18 heavy (non-hydrogen) atoms. The summed E-state index contributed by atoms with van der Waals surface area (Å²) in [6, 6.07) is 7.83. The Bertz CT molecular complexity index is 423. The second-order valence-electron chi connectivity index (χ2n) is 5.98. The fraction of sp³-hybridized carbons (Fsp3) is 0.533. The average molecular weight is 246 g/mol. The molecule has 1 fully saturated rings. The van der Waals surface area contributed by atoms with Crippen molar-refractivity contribution in [2.75, 3.05) is 0 Å². The molecule has 98 valence electrons. The first-order chi connectivity index (χ1) is 8.50. The molecule has 1 aromatic rings. The molecule has 1 aliphatic rings. The number of nitrogens with two attached hydrogens (primary N) is 1. The predicted molar refractivity (Wildman–Crippen MR) is 73.2 cm³/mol.